The van der Waals surface area contributed by atoms with E-state index in [0.717, 1.165) is 11.1 Å². The lowest BCUT2D eigenvalue weighted by Crippen LogP contribution is -2.18. The van der Waals surface area contributed by atoms with Crippen LogP contribution in [0.3, 0.4) is 0 Å². The van der Waals surface area contributed by atoms with Gasteiger partial charge in [-0.1, -0.05) is 50.8 Å². The summed E-state index contributed by atoms with van der Waals surface area (Å²) in [6.45, 7) is 16.2. The second-order valence-corrected chi connectivity index (χ2v) is 4.05. The van der Waals surface area contributed by atoms with Gasteiger partial charge in [-0.25, -0.2) is 0 Å². The molecule has 0 spiro atoms. The van der Waals surface area contributed by atoms with Crippen molar-refractivity contribution in [3.63, 3.8) is 0 Å². The molecule has 0 bridgehead atoms. The Bertz CT molecular complexity index is 434. The van der Waals surface area contributed by atoms with E-state index in [2.05, 4.69) is 11.9 Å². The van der Waals surface area contributed by atoms with E-state index in [0.29, 0.717) is 12.2 Å². The van der Waals surface area contributed by atoms with E-state index in [9.17, 15) is 5.11 Å². The van der Waals surface area contributed by atoms with Gasteiger partial charge in [-0.15, -0.1) is 0 Å². The average Bonchev–Trinajstić information content (AvgIpc) is 2.52. The van der Waals surface area contributed by atoms with Gasteiger partial charge in [0.05, 0.1) is 5.70 Å². The zero-order valence-electron chi connectivity index (χ0n) is 14.4. The molecular formula is C19H31NO. The van der Waals surface area contributed by atoms with Gasteiger partial charge < -0.3 is 10.4 Å². The molecule has 0 aromatic rings. The van der Waals surface area contributed by atoms with Crippen molar-refractivity contribution < 1.29 is 5.11 Å². The third-order valence-electron chi connectivity index (χ3n) is 2.64. The van der Waals surface area contributed by atoms with Gasteiger partial charge in [-0.05, 0) is 51.0 Å². The fourth-order valence-corrected chi connectivity index (χ4v) is 1.50. The van der Waals surface area contributed by atoms with Crippen LogP contribution in [0.5, 0.6) is 0 Å². The summed E-state index contributed by atoms with van der Waals surface area (Å²) in [5, 5.41) is 13.0. The van der Waals surface area contributed by atoms with Crippen LogP contribution in [0.1, 0.15) is 41.5 Å². The van der Waals surface area contributed by atoms with Crippen molar-refractivity contribution in [2.75, 3.05) is 6.54 Å². The van der Waals surface area contributed by atoms with Crippen LogP contribution in [0.4, 0.5) is 0 Å². The van der Waals surface area contributed by atoms with E-state index >= 15 is 0 Å². The minimum atomic E-state index is 0.241. The highest BCUT2D eigenvalue weighted by Crippen LogP contribution is 2.09. The highest BCUT2D eigenvalue weighted by molar-refractivity contribution is 5.34. The smallest absolute Gasteiger partial charge is 0.134 e. The summed E-state index contributed by atoms with van der Waals surface area (Å²) in [6, 6.07) is 0. The number of nitrogens with one attached hydrogen (secondary N) is 1. The van der Waals surface area contributed by atoms with Crippen LogP contribution in [0.25, 0.3) is 0 Å². The Morgan fingerprint density at radius 3 is 2.19 bits per heavy atom. The van der Waals surface area contributed by atoms with Crippen molar-refractivity contribution >= 4 is 0 Å². The normalized spacial score (nSPS) is 13.8. The second-order valence-electron chi connectivity index (χ2n) is 4.05. The second kappa shape index (κ2) is 14.4. The summed E-state index contributed by atoms with van der Waals surface area (Å²) in [5.41, 5.74) is 2.97. The molecule has 0 aromatic heterocycles. The molecule has 21 heavy (non-hydrogen) atoms. The fraction of sp³-hybridized carbons (Fsp3) is 0.368. The molecule has 0 aliphatic rings. The van der Waals surface area contributed by atoms with E-state index in [1.807, 2.05) is 71.1 Å². The van der Waals surface area contributed by atoms with E-state index in [1.54, 1.807) is 13.0 Å². The largest absolute Gasteiger partial charge is 0.506 e. The van der Waals surface area contributed by atoms with Crippen molar-refractivity contribution in [2.45, 2.75) is 41.5 Å². The molecule has 2 N–H and O–H groups in total. The number of hydrogen-bond acceptors (Lipinski definition) is 2. The molecule has 0 aliphatic heterocycles. The molecule has 0 rings (SSSR count). The van der Waals surface area contributed by atoms with Crippen molar-refractivity contribution in [1.29, 1.82) is 0 Å². The van der Waals surface area contributed by atoms with E-state index < -0.39 is 0 Å². The van der Waals surface area contributed by atoms with Crippen LogP contribution in [-0.4, -0.2) is 11.7 Å². The van der Waals surface area contributed by atoms with Crippen LogP contribution in [0.15, 0.2) is 71.7 Å². The first kappa shape index (κ1) is 21.3. The first-order chi connectivity index (χ1) is 10.1. The van der Waals surface area contributed by atoms with Gasteiger partial charge in [0.1, 0.15) is 5.76 Å². The fourth-order valence-electron chi connectivity index (χ4n) is 1.50. The molecule has 0 atom stereocenters. The predicted octanol–water partition coefficient (Wildman–Crippen LogP) is 5.60. The summed E-state index contributed by atoms with van der Waals surface area (Å²) in [4.78, 5) is 0. The van der Waals surface area contributed by atoms with Gasteiger partial charge in [-0.3, -0.25) is 0 Å². The number of allylic oxidation sites excluding steroid dienone is 7. The molecule has 0 radical (unpaired) electrons. The maximum absolute atomic E-state index is 9.81. The highest BCUT2D eigenvalue weighted by atomic mass is 16.3. The monoisotopic (exact) mass is 289 g/mol. The van der Waals surface area contributed by atoms with Gasteiger partial charge >= 0.3 is 0 Å². The third-order valence-corrected chi connectivity index (χ3v) is 2.64. The zero-order chi connectivity index (χ0) is 16.7. The molecule has 0 heterocycles. The first-order valence-corrected chi connectivity index (χ1v) is 7.48. The minimum Gasteiger partial charge on any atom is -0.506 e. The SMILES string of the molecule is C=C/C(CNC(=C/C=C\C)/C(O)=C\C)=C(C)\C=C/C.CC. The Morgan fingerprint density at radius 2 is 1.76 bits per heavy atom. The molecule has 0 aromatic carbocycles. The summed E-state index contributed by atoms with van der Waals surface area (Å²) < 4.78 is 0. The quantitative estimate of drug-likeness (QED) is 0.472. The summed E-state index contributed by atoms with van der Waals surface area (Å²) >= 11 is 0. The van der Waals surface area contributed by atoms with Gasteiger partial charge in [0.25, 0.3) is 0 Å². The molecule has 0 saturated heterocycles. The molecule has 0 fully saturated rings. The summed E-state index contributed by atoms with van der Waals surface area (Å²) in [7, 11) is 0. The van der Waals surface area contributed by atoms with Gasteiger partial charge in [0.15, 0.2) is 0 Å². The average molecular weight is 289 g/mol. The van der Waals surface area contributed by atoms with E-state index in [1.165, 1.54) is 0 Å². The Kier molecular flexibility index (Phi) is 14.7. The van der Waals surface area contributed by atoms with Crippen molar-refractivity contribution in [3.8, 4) is 0 Å². The molecule has 0 saturated carbocycles. The molecule has 0 aliphatic carbocycles. The van der Waals surface area contributed by atoms with Crippen molar-refractivity contribution in [1.82, 2.24) is 5.32 Å². The van der Waals surface area contributed by atoms with Crippen LogP contribution >= 0.6 is 0 Å². The van der Waals surface area contributed by atoms with Crippen LogP contribution in [0, 0.1) is 0 Å². The van der Waals surface area contributed by atoms with E-state index in [4.69, 9.17) is 0 Å². The molecular weight excluding hydrogens is 258 g/mol. The maximum Gasteiger partial charge on any atom is 0.134 e. The third kappa shape index (κ3) is 9.55. The number of hydrogen-bond donors (Lipinski definition) is 2. The van der Waals surface area contributed by atoms with Crippen molar-refractivity contribution in [3.05, 3.63) is 71.7 Å². The van der Waals surface area contributed by atoms with Gasteiger partial charge in [0, 0.05) is 6.54 Å². The van der Waals surface area contributed by atoms with Crippen molar-refractivity contribution in [2.24, 2.45) is 0 Å². The van der Waals surface area contributed by atoms with Crippen LogP contribution < -0.4 is 5.32 Å². The lowest BCUT2D eigenvalue weighted by molar-refractivity contribution is 0.414. The van der Waals surface area contributed by atoms with Crippen LogP contribution in [0.2, 0.25) is 0 Å². The zero-order valence-corrected chi connectivity index (χ0v) is 14.4. The molecule has 2 heteroatoms. The standard InChI is InChI=1S/C17H25NO.C2H6/c1-6-10-12-16(17(19)9-4)18-13-15(8-3)14(5)11-7-2;1-2/h6-12,18-19H,3,13H2,1-2,4-5H3;1-2H3/b10-6-,11-7-,15-14+,16-12+,17-9+;. The molecule has 0 unspecified atom stereocenters. The maximum atomic E-state index is 9.81. The Labute approximate surface area is 131 Å². The molecule has 2 nitrogen and oxygen atoms in total. The topological polar surface area (TPSA) is 32.3 Å². The number of aliphatic hydroxyl groups excluding tert-OH is 1. The van der Waals surface area contributed by atoms with Crippen LogP contribution in [-0.2, 0) is 0 Å². The summed E-state index contributed by atoms with van der Waals surface area (Å²) in [5.74, 6) is 0.241. The summed E-state index contributed by atoms with van der Waals surface area (Å²) in [6.07, 6.45) is 13.2. The van der Waals surface area contributed by atoms with E-state index in [-0.39, 0.29) is 5.76 Å². The predicted molar refractivity (Wildman–Crippen MR) is 96.3 cm³/mol. The lowest BCUT2D eigenvalue weighted by Gasteiger charge is -2.12. The Morgan fingerprint density at radius 1 is 1.14 bits per heavy atom. The molecule has 118 valence electrons. The Hall–Kier alpha value is -1.96. The highest BCUT2D eigenvalue weighted by Gasteiger charge is 2.02. The lowest BCUT2D eigenvalue weighted by atomic mass is 10.1. The van der Waals surface area contributed by atoms with Gasteiger partial charge in [0.2, 0.25) is 0 Å². The van der Waals surface area contributed by atoms with Gasteiger partial charge in [-0.2, -0.15) is 0 Å². The molecule has 0 amide bonds. The number of rotatable bonds is 7. The minimum absolute atomic E-state index is 0.241. The first-order valence-electron chi connectivity index (χ1n) is 7.48. The Balaban J connectivity index is 0. The number of aliphatic hydroxyl groups is 1.